The third kappa shape index (κ3) is 4.40. The highest BCUT2D eigenvalue weighted by atomic mass is 32.2. The van der Waals surface area contributed by atoms with Gasteiger partial charge in [0, 0.05) is 23.9 Å². The van der Waals surface area contributed by atoms with Crippen molar-refractivity contribution in [3.63, 3.8) is 0 Å². The molecule has 0 saturated carbocycles. The van der Waals surface area contributed by atoms with Gasteiger partial charge in [-0.2, -0.15) is 5.26 Å². The van der Waals surface area contributed by atoms with Crippen molar-refractivity contribution in [2.75, 3.05) is 11.6 Å². The Morgan fingerprint density at radius 3 is 2.89 bits per heavy atom. The molecule has 1 aromatic heterocycles. The molecule has 1 saturated heterocycles. The quantitative estimate of drug-likeness (QED) is 0.542. The summed E-state index contributed by atoms with van der Waals surface area (Å²) in [6, 6.07) is 11.6. The van der Waals surface area contributed by atoms with Crippen LogP contribution in [0.25, 0.3) is 0 Å². The Morgan fingerprint density at radius 2 is 2.21 bits per heavy atom. The lowest BCUT2D eigenvalue weighted by atomic mass is 9.99. The van der Waals surface area contributed by atoms with Crippen LogP contribution in [-0.4, -0.2) is 38.4 Å². The fraction of sp³-hybridized carbons (Fsp3) is 0.316. The van der Waals surface area contributed by atoms with E-state index in [2.05, 4.69) is 11.1 Å². The molecule has 0 radical (unpaired) electrons. The second-order valence-corrected chi connectivity index (χ2v) is 7.39. The van der Waals surface area contributed by atoms with E-state index in [1.165, 1.54) is 18.3 Å². The molecule has 1 amide bonds. The number of rotatable bonds is 6. The summed E-state index contributed by atoms with van der Waals surface area (Å²) >= 11 is 1.59. The molecular formula is C19H18N4O4S. The van der Waals surface area contributed by atoms with E-state index in [9.17, 15) is 14.9 Å². The maximum absolute atomic E-state index is 12.6. The summed E-state index contributed by atoms with van der Waals surface area (Å²) in [4.78, 5) is 28.6. The Balaban J connectivity index is 1.64. The van der Waals surface area contributed by atoms with Crippen molar-refractivity contribution in [1.29, 1.82) is 5.26 Å². The molecule has 0 aliphatic carbocycles. The standard InChI is InChI=1S/C19H18N4O4S/c1-13(19(24)22-12-28-11-15(22)10-20)9-14-4-6-16(7-5-14)27-18-17(23(25)26)3-2-8-21-18/h2-8,13,15H,9,11-12H2,1H3/t13-,15+/m0/s1. The molecule has 3 rings (SSSR count). The van der Waals surface area contributed by atoms with Gasteiger partial charge in [-0.1, -0.05) is 19.1 Å². The highest BCUT2D eigenvalue weighted by Crippen LogP contribution is 2.29. The topological polar surface area (TPSA) is 109 Å². The van der Waals surface area contributed by atoms with Crippen LogP contribution in [0, 0.1) is 27.4 Å². The van der Waals surface area contributed by atoms with E-state index >= 15 is 0 Å². The number of benzene rings is 1. The zero-order valence-electron chi connectivity index (χ0n) is 15.1. The first-order chi connectivity index (χ1) is 13.5. The normalized spacial score (nSPS) is 17.0. The first-order valence-corrected chi connectivity index (χ1v) is 9.79. The van der Waals surface area contributed by atoms with Crippen LogP contribution in [0.4, 0.5) is 5.69 Å². The third-order valence-corrected chi connectivity index (χ3v) is 5.38. The number of nitrogens with zero attached hydrogens (tertiary/aromatic N) is 4. The van der Waals surface area contributed by atoms with E-state index < -0.39 is 4.92 Å². The Bertz CT molecular complexity index is 913. The van der Waals surface area contributed by atoms with Gasteiger partial charge < -0.3 is 9.64 Å². The smallest absolute Gasteiger partial charge is 0.331 e. The molecule has 9 heteroatoms. The molecule has 144 valence electrons. The van der Waals surface area contributed by atoms with Crippen LogP contribution < -0.4 is 4.74 Å². The van der Waals surface area contributed by atoms with Crippen molar-refractivity contribution >= 4 is 23.4 Å². The molecule has 0 spiro atoms. The molecule has 1 aliphatic heterocycles. The lowest BCUT2D eigenvalue weighted by Crippen LogP contribution is -2.39. The average molecular weight is 398 g/mol. The fourth-order valence-corrected chi connectivity index (χ4v) is 3.98. The number of hydrogen-bond acceptors (Lipinski definition) is 7. The molecule has 1 aliphatic rings. The molecule has 28 heavy (non-hydrogen) atoms. The zero-order valence-corrected chi connectivity index (χ0v) is 16.0. The van der Waals surface area contributed by atoms with Crippen molar-refractivity contribution in [3.05, 3.63) is 58.3 Å². The molecule has 2 aromatic rings. The second-order valence-electron chi connectivity index (χ2n) is 6.39. The average Bonchev–Trinajstić information content (AvgIpc) is 3.18. The molecule has 1 aromatic carbocycles. The number of carbonyl (C=O) groups excluding carboxylic acids is 1. The summed E-state index contributed by atoms with van der Waals surface area (Å²) in [5, 5.41) is 20.2. The number of nitriles is 1. The molecule has 2 heterocycles. The van der Waals surface area contributed by atoms with Gasteiger partial charge in [-0.3, -0.25) is 14.9 Å². The maximum Gasteiger partial charge on any atom is 0.331 e. The van der Waals surface area contributed by atoms with Crippen LogP contribution in [-0.2, 0) is 11.2 Å². The van der Waals surface area contributed by atoms with Crippen LogP contribution in [0.15, 0.2) is 42.6 Å². The lowest BCUT2D eigenvalue weighted by molar-refractivity contribution is -0.386. The fourth-order valence-electron chi connectivity index (χ4n) is 2.90. The minimum atomic E-state index is -0.546. The summed E-state index contributed by atoms with van der Waals surface area (Å²) in [5.74, 6) is 1.28. The Hall–Kier alpha value is -3.12. The van der Waals surface area contributed by atoms with E-state index in [-0.39, 0.29) is 29.4 Å². The summed E-state index contributed by atoms with van der Waals surface area (Å²) in [6.45, 7) is 1.85. The van der Waals surface area contributed by atoms with Gasteiger partial charge >= 0.3 is 5.69 Å². The minimum Gasteiger partial charge on any atom is -0.434 e. The van der Waals surface area contributed by atoms with Gasteiger partial charge in [-0.15, -0.1) is 11.8 Å². The van der Waals surface area contributed by atoms with Gasteiger partial charge in [0.2, 0.25) is 5.91 Å². The van der Waals surface area contributed by atoms with Crippen molar-refractivity contribution < 1.29 is 14.5 Å². The Kier molecular flexibility index (Phi) is 6.11. The van der Waals surface area contributed by atoms with Gasteiger partial charge in [-0.25, -0.2) is 4.98 Å². The molecule has 2 atom stereocenters. The maximum atomic E-state index is 12.6. The van der Waals surface area contributed by atoms with Crippen LogP contribution in [0.1, 0.15) is 12.5 Å². The minimum absolute atomic E-state index is 0.0269. The van der Waals surface area contributed by atoms with Crippen molar-refractivity contribution in [2.45, 2.75) is 19.4 Å². The molecular weight excluding hydrogens is 380 g/mol. The first kappa shape index (κ1) is 19.6. The van der Waals surface area contributed by atoms with E-state index in [0.29, 0.717) is 23.8 Å². The summed E-state index contributed by atoms with van der Waals surface area (Å²) in [5.41, 5.74) is 0.727. The predicted octanol–water partition coefficient (Wildman–Crippen LogP) is 3.39. The molecule has 8 nitrogen and oxygen atoms in total. The predicted molar refractivity (Wildman–Crippen MR) is 104 cm³/mol. The van der Waals surface area contributed by atoms with Gasteiger partial charge in [0.05, 0.1) is 16.9 Å². The van der Waals surface area contributed by atoms with Gasteiger partial charge in [-0.05, 0) is 30.2 Å². The lowest BCUT2D eigenvalue weighted by Gasteiger charge is -2.22. The summed E-state index contributed by atoms with van der Waals surface area (Å²) < 4.78 is 5.52. The number of thioether (sulfide) groups is 1. The number of carbonyl (C=O) groups is 1. The summed E-state index contributed by atoms with van der Waals surface area (Å²) in [6.07, 6.45) is 1.96. The van der Waals surface area contributed by atoms with Gasteiger partial charge in [0.1, 0.15) is 11.8 Å². The van der Waals surface area contributed by atoms with Crippen LogP contribution in [0.3, 0.4) is 0 Å². The largest absolute Gasteiger partial charge is 0.434 e. The van der Waals surface area contributed by atoms with Crippen LogP contribution in [0.5, 0.6) is 11.6 Å². The molecule has 0 N–H and O–H groups in total. The van der Waals surface area contributed by atoms with Crippen molar-refractivity contribution in [3.8, 4) is 17.7 Å². The van der Waals surface area contributed by atoms with E-state index in [0.717, 1.165) is 5.56 Å². The summed E-state index contributed by atoms with van der Waals surface area (Å²) in [7, 11) is 0. The number of aromatic nitrogens is 1. The molecule has 0 bridgehead atoms. The van der Waals surface area contributed by atoms with Gasteiger partial charge in [0.25, 0.3) is 5.88 Å². The van der Waals surface area contributed by atoms with Crippen molar-refractivity contribution in [2.24, 2.45) is 5.92 Å². The number of pyridine rings is 1. The van der Waals surface area contributed by atoms with E-state index in [4.69, 9.17) is 10.00 Å². The molecule has 0 unspecified atom stereocenters. The zero-order chi connectivity index (χ0) is 20.1. The monoisotopic (exact) mass is 398 g/mol. The van der Waals surface area contributed by atoms with Gasteiger partial charge in [0.15, 0.2) is 0 Å². The van der Waals surface area contributed by atoms with E-state index in [1.807, 2.05) is 19.1 Å². The number of nitro groups is 1. The Morgan fingerprint density at radius 1 is 1.46 bits per heavy atom. The first-order valence-electron chi connectivity index (χ1n) is 8.63. The molecule has 1 fully saturated rings. The van der Waals surface area contributed by atoms with Crippen LogP contribution in [0.2, 0.25) is 0 Å². The number of ether oxygens (including phenoxy) is 1. The number of hydrogen-bond donors (Lipinski definition) is 0. The SMILES string of the molecule is C[C@@H](Cc1ccc(Oc2ncccc2[N+](=O)[O-])cc1)C(=O)N1CSC[C@H]1C#N. The second kappa shape index (κ2) is 8.71. The van der Waals surface area contributed by atoms with E-state index in [1.54, 1.807) is 28.8 Å². The highest BCUT2D eigenvalue weighted by Gasteiger charge is 2.31. The highest BCUT2D eigenvalue weighted by molar-refractivity contribution is 7.99. The third-order valence-electron chi connectivity index (χ3n) is 4.36. The van der Waals surface area contributed by atoms with Crippen LogP contribution >= 0.6 is 11.8 Å². The number of amides is 1. The Labute approximate surface area is 166 Å². The van der Waals surface area contributed by atoms with Crippen molar-refractivity contribution in [1.82, 2.24) is 9.88 Å².